The molecular formula is C17H19ClN2O5S3. The highest BCUT2D eigenvalue weighted by Gasteiger charge is 2.29. The fourth-order valence-electron chi connectivity index (χ4n) is 3.01. The second-order valence-corrected chi connectivity index (χ2v) is 12.5. The molecule has 28 heavy (non-hydrogen) atoms. The van der Waals surface area contributed by atoms with Gasteiger partial charge in [-0.3, -0.25) is 4.79 Å². The number of thiophene rings is 1. The number of benzene rings is 1. The zero-order valence-electron chi connectivity index (χ0n) is 15.3. The number of sulfonamides is 1. The number of amides is 1. The molecule has 0 spiro atoms. The van der Waals surface area contributed by atoms with Crippen molar-refractivity contribution < 1.29 is 21.6 Å². The first kappa shape index (κ1) is 21.3. The van der Waals surface area contributed by atoms with E-state index in [0.717, 1.165) is 27.5 Å². The van der Waals surface area contributed by atoms with Crippen molar-refractivity contribution in [1.29, 1.82) is 0 Å². The maximum absolute atomic E-state index is 12.8. The van der Waals surface area contributed by atoms with Crippen LogP contribution in [-0.4, -0.2) is 53.4 Å². The molecular weight excluding hydrogens is 444 g/mol. The number of hydrogen-bond acceptors (Lipinski definition) is 6. The SMILES string of the molecule is CN(CC(=O)N1CCCc2cc(S(C)(=O)=O)ccc21)S(=O)(=O)c1ccc(Cl)s1. The molecule has 1 aromatic heterocycles. The van der Waals surface area contributed by atoms with Crippen LogP contribution in [0.5, 0.6) is 0 Å². The summed E-state index contributed by atoms with van der Waals surface area (Å²) in [6.07, 6.45) is 2.46. The Kier molecular flexibility index (Phi) is 5.88. The lowest BCUT2D eigenvalue weighted by atomic mass is 10.0. The number of fused-ring (bicyclic) bond motifs is 1. The van der Waals surface area contributed by atoms with Crippen LogP contribution in [0.25, 0.3) is 0 Å². The molecule has 11 heteroatoms. The van der Waals surface area contributed by atoms with Gasteiger partial charge in [-0.2, -0.15) is 4.31 Å². The van der Waals surface area contributed by atoms with E-state index in [0.29, 0.717) is 29.4 Å². The van der Waals surface area contributed by atoms with Crippen LogP contribution in [0.3, 0.4) is 0 Å². The summed E-state index contributed by atoms with van der Waals surface area (Å²) in [6, 6.07) is 7.56. The molecule has 0 saturated heterocycles. The van der Waals surface area contributed by atoms with E-state index in [1.54, 1.807) is 12.1 Å². The van der Waals surface area contributed by atoms with Crippen LogP contribution in [0.2, 0.25) is 4.34 Å². The highest BCUT2D eigenvalue weighted by Crippen LogP contribution is 2.31. The molecule has 1 aliphatic rings. The Hall–Kier alpha value is -1.46. The summed E-state index contributed by atoms with van der Waals surface area (Å²) in [6.45, 7) is 0.119. The summed E-state index contributed by atoms with van der Waals surface area (Å²) in [5.41, 5.74) is 1.38. The Labute approximate surface area is 173 Å². The Balaban J connectivity index is 1.83. The average Bonchev–Trinajstić information content (AvgIpc) is 3.07. The average molecular weight is 463 g/mol. The second-order valence-electron chi connectivity index (χ2n) is 6.53. The van der Waals surface area contributed by atoms with Gasteiger partial charge in [0.25, 0.3) is 10.0 Å². The zero-order valence-corrected chi connectivity index (χ0v) is 18.5. The molecule has 1 aromatic carbocycles. The summed E-state index contributed by atoms with van der Waals surface area (Å²) in [5, 5.41) is 0. The number of carbonyl (C=O) groups is 1. The normalized spacial score (nSPS) is 14.9. The maximum atomic E-state index is 12.8. The van der Waals surface area contributed by atoms with Crippen molar-refractivity contribution in [2.24, 2.45) is 0 Å². The van der Waals surface area contributed by atoms with Crippen molar-refractivity contribution in [3.8, 4) is 0 Å². The van der Waals surface area contributed by atoms with Gasteiger partial charge in [0.2, 0.25) is 5.91 Å². The fraction of sp³-hybridized carbons (Fsp3) is 0.353. The van der Waals surface area contributed by atoms with E-state index < -0.39 is 19.9 Å². The minimum Gasteiger partial charge on any atom is -0.311 e. The van der Waals surface area contributed by atoms with Gasteiger partial charge in [0.15, 0.2) is 9.84 Å². The number of carbonyl (C=O) groups excluding carboxylic acids is 1. The Morgan fingerprint density at radius 2 is 1.93 bits per heavy atom. The first-order valence-corrected chi connectivity index (χ1v) is 12.9. The van der Waals surface area contributed by atoms with E-state index in [2.05, 4.69) is 0 Å². The predicted octanol–water partition coefficient (Wildman–Crippen LogP) is 2.40. The third-order valence-electron chi connectivity index (χ3n) is 4.47. The quantitative estimate of drug-likeness (QED) is 0.680. The lowest BCUT2D eigenvalue weighted by Crippen LogP contribution is -2.43. The summed E-state index contributed by atoms with van der Waals surface area (Å²) >= 11 is 6.75. The van der Waals surface area contributed by atoms with Gasteiger partial charge in [0, 0.05) is 25.5 Å². The first-order valence-electron chi connectivity index (χ1n) is 8.35. The number of rotatable bonds is 5. The molecule has 7 nitrogen and oxygen atoms in total. The number of hydrogen-bond donors (Lipinski definition) is 0. The number of anilines is 1. The Bertz CT molecular complexity index is 1130. The van der Waals surface area contributed by atoms with Crippen molar-refractivity contribution in [2.45, 2.75) is 21.9 Å². The number of aryl methyl sites for hydroxylation is 1. The third-order valence-corrected chi connectivity index (χ3v) is 9.08. The molecule has 1 amide bonds. The predicted molar refractivity (Wildman–Crippen MR) is 109 cm³/mol. The summed E-state index contributed by atoms with van der Waals surface area (Å²) in [7, 11) is -5.81. The van der Waals surface area contributed by atoms with E-state index in [1.165, 1.54) is 30.1 Å². The Morgan fingerprint density at radius 1 is 1.21 bits per heavy atom. The zero-order chi connectivity index (χ0) is 20.7. The minimum absolute atomic E-state index is 0.0737. The fourth-order valence-corrected chi connectivity index (χ4v) is 6.50. The van der Waals surface area contributed by atoms with Gasteiger partial charge >= 0.3 is 0 Å². The van der Waals surface area contributed by atoms with Gasteiger partial charge in [-0.25, -0.2) is 16.8 Å². The molecule has 0 aliphatic carbocycles. The third kappa shape index (κ3) is 4.25. The topological polar surface area (TPSA) is 91.8 Å². The van der Waals surface area contributed by atoms with E-state index in [1.807, 2.05) is 0 Å². The molecule has 0 unspecified atom stereocenters. The van der Waals surface area contributed by atoms with Gasteiger partial charge in [-0.05, 0) is 48.7 Å². The summed E-state index contributed by atoms with van der Waals surface area (Å²) in [4.78, 5) is 14.5. The van der Waals surface area contributed by atoms with Crippen LogP contribution in [0.15, 0.2) is 39.4 Å². The van der Waals surface area contributed by atoms with Gasteiger partial charge in [0.1, 0.15) is 4.21 Å². The highest BCUT2D eigenvalue weighted by molar-refractivity contribution is 7.91. The summed E-state index contributed by atoms with van der Waals surface area (Å²) < 4.78 is 50.2. The van der Waals surface area contributed by atoms with Crippen molar-refractivity contribution in [3.63, 3.8) is 0 Å². The lowest BCUT2D eigenvalue weighted by Gasteiger charge is -2.31. The molecule has 0 fully saturated rings. The van der Waals surface area contributed by atoms with Crippen molar-refractivity contribution in [3.05, 3.63) is 40.2 Å². The van der Waals surface area contributed by atoms with Gasteiger partial charge < -0.3 is 4.90 Å². The molecule has 3 rings (SSSR count). The van der Waals surface area contributed by atoms with Gasteiger partial charge in [0.05, 0.1) is 15.8 Å². The lowest BCUT2D eigenvalue weighted by molar-refractivity contribution is -0.118. The standard InChI is InChI=1S/C17H19ClN2O5S3/c1-19(28(24,25)17-8-7-15(18)26-17)11-16(21)20-9-3-4-12-10-13(27(2,22)23)5-6-14(12)20/h5-8,10H,3-4,9,11H2,1-2H3. The largest absolute Gasteiger partial charge is 0.311 e. The number of sulfone groups is 1. The molecule has 152 valence electrons. The molecule has 0 atom stereocenters. The molecule has 0 bridgehead atoms. The van der Waals surface area contributed by atoms with Crippen molar-refractivity contribution in [1.82, 2.24) is 4.31 Å². The van der Waals surface area contributed by atoms with E-state index in [4.69, 9.17) is 11.6 Å². The minimum atomic E-state index is -3.81. The monoisotopic (exact) mass is 462 g/mol. The van der Waals surface area contributed by atoms with E-state index >= 15 is 0 Å². The second kappa shape index (κ2) is 7.75. The maximum Gasteiger partial charge on any atom is 0.252 e. The van der Waals surface area contributed by atoms with Crippen molar-refractivity contribution >= 4 is 54.4 Å². The highest BCUT2D eigenvalue weighted by atomic mass is 35.5. The van der Waals surface area contributed by atoms with Crippen LogP contribution in [0.4, 0.5) is 5.69 Å². The van der Waals surface area contributed by atoms with Crippen LogP contribution in [0.1, 0.15) is 12.0 Å². The molecule has 0 saturated carbocycles. The number of halogens is 1. The number of nitrogens with zero attached hydrogens (tertiary/aromatic N) is 2. The molecule has 2 aromatic rings. The molecule has 2 heterocycles. The van der Waals surface area contributed by atoms with Gasteiger partial charge in [-0.15, -0.1) is 11.3 Å². The Morgan fingerprint density at radius 3 is 2.54 bits per heavy atom. The van der Waals surface area contributed by atoms with Crippen LogP contribution in [-0.2, 0) is 31.1 Å². The van der Waals surface area contributed by atoms with E-state index in [-0.39, 0.29) is 21.6 Å². The summed E-state index contributed by atoms with van der Waals surface area (Å²) in [5.74, 6) is -0.373. The first-order chi connectivity index (χ1) is 13.0. The van der Waals surface area contributed by atoms with Crippen molar-refractivity contribution in [2.75, 3.05) is 31.3 Å². The molecule has 0 radical (unpaired) electrons. The molecule has 1 aliphatic heterocycles. The van der Waals surface area contributed by atoms with Crippen LogP contribution >= 0.6 is 22.9 Å². The van der Waals surface area contributed by atoms with Gasteiger partial charge in [-0.1, -0.05) is 11.6 Å². The number of likely N-dealkylation sites (N-methyl/N-ethyl adjacent to an activating group) is 1. The smallest absolute Gasteiger partial charge is 0.252 e. The van der Waals surface area contributed by atoms with Crippen LogP contribution in [0, 0.1) is 0 Å². The van der Waals surface area contributed by atoms with E-state index in [9.17, 15) is 21.6 Å². The molecule has 0 N–H and O–H groups in total. The van der Waals surface area contributed by atoms with Crippen LogP contribution < -0.4 is 4.90 Å².